The van der Waals surface area contributed by atoms with Gasteiger partial charge in [0.25, 0.3) is 0 Å². The first-order valence-electron chi connectivity index (χ1n) is 11.8. The Bertz CT molecular complexity index is 620. The van der Waals surface area contributed by atoms with E-state index in [-0.39, 0.29) is 12.4 Å². The normalized spacial score (nSPS) is 11.0. The minimum absolute atomic E-state index is 0.248. The van der Waals surface area contributed by atoms with Crippen molar-refractivity contribution >= 4 is 11.7 Å². The number of anilines is 1. The summed E-state index contributed by atoms with van der Waals surface area (Å²) in [7, 11) is 1.35. The molecule has 0 aliphatic rings. The van der Waals surface area contributed by atoms with E-state index < -0.39 is 0 Å². The molecule has 35 heavy (non-hydrogen) atoms. The van der Waals surface area contributed by atoms with E-state index in [2.05, 4.69) is 4.74 Å². The summed E-state index contributed by atoms with van der Waals surface area (Å²) in [6, 6.07) is 7.36. The number of methoxy groups -OCH3 is 1. The summed E-state index contributed by atoms with van der Waals surface area (Å²) in [4.78, 5) is 10.9. The second-order valence-corrected chi connectivity index (χ2v) is 7.00. The molecular formula is C24H41NO10. The number of carbonyl (C=O) groups is 1. The molecule has 0 aliphatic carbocycles. The summed E-state index contributed by atoms with van der Waals surface area (Å²) in [5.74, 6) is 0.382. The number of benzene rings is 1. The highest BCUT2D eigenvalue weighted by Gasteiger charge is 2.00. The highest BCUT2D eigenvalue weighted by Crippen LogP contribution is 2.19. The SMILES string of the molecule is COC(=O)CCOCCOCCOCCOCCOCCOCCOCCOc1ccccc1N. The molecule has 0 heterocycles. The van der Waals surface area contributed by atoms with Crippen LogP contribution in [0.3, 0.4) is 0 Å². The van der Waals surface area contributed by atoms with E-state index in [1.165, 1.54) is 7.11 Å². The van der Waals surface area contributed by atoms with Gasteiger partial charge in [-0.15, -0.1) is 0 Å². The summed E-state index contributed by atoms with van der Waals surface area (Å²) in [5, 5.41) is 0. The molecule has 0 fully saturated rings. The average molecular weight is 504 g/mol. The quantitative estimate of drug-likeness (QED) is 0.118. The zero-order valence-electron chi connectivity index (χ0n) is 20.8. The predicted molar refractivity (Wildman–Crippen MR) is 129 cm³/mol. The minimum atomic E-state index is -0.284. The molecule has 0 saturated carbocycles. The van der Waals surface area contributed by atoms with Gasteiger partial charge in [0.2, 0.25) is 0 Å². The van der Waals surface area contributed by atoms with Crippen molar-refractivity contribution in [1.82, 2.24) is 0 Å². The lowest BCUT2D eigenvalue weighted by Gasteiger charge is -2.09. The van der Waals surface area contributed by atoms with Crippen LogP contribution in [-0.2, 0) is 42.7 Å². The number of nitrogen functional groups attached to an aromatic ring is 1. The molecule has 0 atom stereocenters. The predicted octanol–water partition coefficient (Wildman–Crippen LogP) is 1.33. The van der Waals surface area contributed by atoms with Crippen LogP contribution >= 0.6 is 0 Å². The van der Waals surface area contributed by atoms with Crippen molar-refractivity contribution in [3.05, 3.63) is 24.3 Å². The zero-order chi connectivity index (χ0) is 25.2. The van der Waals surface area contributed by atoms with Gasteiger partial charge in [-0.25, -0.2) is 0 Å². The zero-order valence-corrected chi connectivity index (χ0v) is 20.8. The van der Waals surface area contributed by atoms with E-state index in [0.717, 1.165) is 0 Å². The molecule has 1 aromatic rings. The summed E-state index contributed by atoms with van der Waals surface area (Å²) in [6.07, 6.45) is 0.248. The fraction of sp³-hybridized carbons (Fsp3) is 0.708. The smallest absolute Gasteiger partial charge is 0.307 e. The number of nitrogens with two attached hydrogens (primary N) is 1. The fourth-order valence-corrected chi connectivity index (χ4v) is 2.50. The van der Waals surface area contributed by atoms with Gasteiger partial charge in [-0.2, -0.15) is 0 Å². The second kappa shape index (κ2) is 23.7. The molecule has 11 nitrogen and oxygen atoms in total. The number of esters is 1. The molecule has 0 saturated heterocycles. The molecule has 2 N–H and O–H groups in total. The van der Waals surface area contributed by atoms with Gasteiger partial charge in [0.05, 0.1) is 112 Å². The van der Waals surface area contributed by atoms with Gasteiger partial charge in [-0.05, 0) is 12.1 Å². The Morgan fingerprint density at radius 1 is 0.600 bits per heavy atom. The molecule has 0 bridgehead atoms. The maximum absolute atomic E-state index is 10.9. The highest BCUT2D eigenvalue weighted by molar-refractivity contribution is 5.69. The van der Waals surface area contributed by atoms with Crippen LogP contribution in [0.15, 0.2) is 24.3 Å². The maximum atomic E-state index is 10.9. The van der Waals surface area contributed by atoms with E-state index >= 15 is 0 Å². The van der Waals surface area contributed by atoms with Crippen molar-refractivity contribution in [2.75, 3.05) is 112 Å². The maximum Gasteiger partial charge on any atom is 0.307 e. The van der Waals surface area contributed by atoms with Crippen molar-refractivity contribution in [3.63, 3.8) is 0 Å². The van der Waals surface area contributed by atoms with E-state index in [9.17, 15) is 4.79 Å². The molecule has 0 amide bonds. The Morgan fingerprint density at radius 3 is 1.37 bits per heavy atom. The summed E-state index contributed by atoms with van der Waals surface area (Å²) >= 11 is 0. The van der Waals surface area contributed by atoms with Crippen molar-refractivity contribution in [2.45, 2.75) is 6.42 Å². The van der Waals surface area contributed by atoms with E-state index in [1.807, 2.05) is 18.2 Å². The first-order chi connectivity index (χ1) is 17.2. The van der Waals surface area contributed by atoms with E-state index in [1.54, 1.807) is 6.07 Å². The molecule has 1 rings (SSSR count). The summed E-state index contributed by atoms with van der Waals surface area (Å²) < 4.78 is 47.8. The van der Waals surface area contributed by atoms with Crippen LogP contribution in [0, 0.1) is 0 Å². The molecule has 0 radical (unpaired) electrons. The van der Waals surface area contributed by atoms with Crippen molar-refractivity contribution < 1.29 is 47.4 Å². The number of carbonyl (C=O) groups excluding carboxylic acids is 1. The van der Waals surface area contributed by atoms with Crippen LogP contribution in [0.2, 0.25) is 0 Å². The summed E-state index contributed by atoms with van der Waals surface area (Å²) in [6.45, 7) is 7.06. The number of ether oxygens (including phenoxy) is 9. The molecule has 0 aromatic heterocycles. The lowest BCUT2D eigenvalue weighted by atomic mass is 10.3. The van der Waals surface area contributed by atoms with Crippen LogP contribution in [0.1, 0.15) is 6.42 Å². The lowest BCUT2D eigenvalue weighted by Crippen LogP contribution is -2.15. The van der Waals surface area contributed by atoms with Gasteiger partial charge in [0.1, 0.15) is 12.4 Å². The highest BCUT2D eigenvalue weighted by atomic mass is 16.6. The average Bonchev–Trinajstić information content (AvgIpc) is 2.87. The molecular weight excluding hydrogens is 462 g/mol. The van der Waals surface area contributed by atoms with Crippen molar-refractivity contribution in [2.24, 2.45) is 0 Å². The third-order valence-electron chi connectivity index (χ3n) is 4.31. The van der Waals surface area contributed by atoms with Crippen molar-refractivity contribution in [3.8, 4) is 5.75 Å². The van der Waals surface area contributed by atoms with Crippen molar-refractivity contribution in [1.29, 1.82) is 0 Å². The fourth-order valence-electron chi connectivity index (χ4n) is 2.50. The van der Waals surface area contributed by atoms with Gasteiger partial charge in [0.15, 0.2) is 0 Å². The number of hydrogen-bond acceptors (Lipinski definition) is 11. The van der Waals surface area contributed by atoms with Crippen LogP contribution in [-0.4, -0.2) is 112 Å². The standard InChI is InChI=1S/C24H41NO10/c1-27-24(26)6-7-28-8-9-29-10-11-30-12-13-31-14-15-32-16-17-33-18-19-34-20-21-35-23-5-3-2-4-22(23)25/h2-5H,6-21,25H2,1H3. The second-order valence-electron chi connectivity index (χ2n) is 7.00. The van der Waals surface area contributed by atoms with Crippen LogP contribution in [0.25, 0.3) is 0 Å². The molecule has 202 valence electrons. The number of rotatable bonds is 25. The lowest BCUT2D eigenvalue weighted by molar-refractivity contribution is -0.141. The largest absolute Gasteiger partial charge is 0.489 e. The van der Waals surface area contributed by atoms with Gasteiger partial charge in [0, 0.05) is 0 Å². The number of hydrogen-bond donors (Lipinski definition) is 1. The molecule has 11 heteroatoms. The first kappa shape index (κ1) is 31.0. The van der Waals surface area contributed by atoms with Crippen LogP contribution in [0.4, 0.5) is 5.69 Å². The van der Waals surface area contributed by atoms with Crippen LogP contribution < -0.4 is 10.5 Å². The van der Waals surface area contributed by atoms with Crippen LogP contribution in [0.5, 0.6) is 5.75 Å². The molecule has 0 aliphatic heterocycles. The van der Waals surface area contributed by atoms with E-state index in [0.29, 0.717) is 111 Å². The van der Waals surface area contributed by atoms with Gasteiger partial charge >= 0.3 is 5.97 Å². The number of para-hydroxylation sites is 2. The third-order valence-corrected chi connectivity index (χ3v) is 4.31. The molecule has 0 spiro atoms. The Labute approximate surface area is 208 Å². The van der Waals surface area contributed by atoms with Gasteiger partial charge in [-0.3, -0.25) is 4.79 Å². The summed E-state index contributed by atoms with van der Waals surface area (Å²) in [5.41, 5.74) is 6.41. The molecule has 1 aromatic carbocycles. The minimum Gasteiger partial charge on any atom is -0.489 e. The van der Waals surface area contributed by atoms with Gasteiger partial charge in [-0.1, -0.05) is 12.1 Å². The monoisotopic (exact) mass is 503 g/mol. The first-order valence-corrected chi connectivity index (χ1v) is 11.8. The van der Waals surface area contributed by atoms with E-state index in [4.69, 9.17) is 43.6 Å². The Kier molecular flexibility index (Phi) is 21.1. The Balaban J connectivity index is 1.68. The Hall–Kier alpha value is -1.99. The molecule has 0 unspecified atom stereocenters. The topological polar surface area (TPSA) is 126 Å². The Morgan fingerprint density at radius 2 is 0.971 bits per heavy atom. The van der Waals surface area contributed by atoms with Gasteiger partial charge < -0.3 is 48.4 Å². The third kappa shape index (κ3) is 20.0.